The summed E-state index contributed by atoms with van der Waals surface area (Å²) in [5.41, 5.74) is -0.671. The van der Waals surface area contributed by atoms with E-state index in [1.165, 1.54) is 30.7 Å². The molecule has 0 aliphatic rings. The van der Waals surface area contributed by atoms with Gasteiger partial charge >= 0.3 is 5.97 Å². The fourth-order valence-corrected chi connectivity index (χ4v) is 1.14. The van der Waals surface area contributed by atoms with Crippen LogP contribution in [0.3, 0.4) is 0 Å². The second-order valence-corrected chi connectivity index (χ2v) is 3.78. The van der Waals surface area contributed by atoms with Crippen molar-refractivity contribution in [2.75, 3.05) is 0 Å². The molecular formula is C10H13NO3. The van der Waals surface area contributed by atoms with E-state index in [-0.39, 0.29) is 5.56 Å². The average Bonchev–Trinajstić information content (AvgIpc) is 2.02. The van der Waals surface area contributed by atoms with Crippen molar-refractivity contribution < 1.29 is 9.90 Å². The second kappa shape index (κ2) is 3.29. The summed E-state index contributed by atoms with van der Waals surface area (Å²) in [5.74, 6) is -1.02. The number of carbonyl (C=O) groups is 1. The van der Waals surface area contributed by atoms with Gasteiger partial charge in [0, 0.05) is 12.3 Å². The van der Waals surface area contributed by atoms with E-state index in [9.17, 15) is 9.59 Å². The van der Waals surface area contributed by atoms with Crippen LogP contribution in [0.2, 0.25) is 0 Å². The normalized spacial score (nSPS) is 11.4. The first kappa shape index (κ1) is 10.5. The van der Waals surface area contributed by atoms with Crippen molar-refractivity contribution in [3.05, 3.63) is 34.2 Å². The Balaban J connectivity index is 3.34. The van der Waals surface area contributed by atoms with Gasteiger partial charge in [-0.3, -0.25) is 9.36 Å². The summed E-state index contributed by atoms with van der Waals surface area (Å²) in [5, 5.41) is 8.93. The predicted octanol–water partition coefficient (Wildman–Crippen LogP) is 0.976. The van der Waals surface area contributed by atoms with Crippen LogP contribution in [0.15, 0.2) is 23.1 Å². The molecule has 0 aliphatic carbocycles. The number of hydrogen-bond donors (Lipinski definition) is 1. The summed E-state index contributed by atoms with van der Waals surface area (Å²) < 4.78 is 1.21. The third-order valence-electron chi connectivity index (χ3n) is 2.20. The molecular weight excluding hydrogens is 182 g/mol. The Kier molecular flexibility index (Phi) is 2.47. The van der Waals surface area contributed by atoms with Crippen LogP contribution in [0.25, 0.3) is 0 Å². The van der Waals surface area contributed by atoms with Gasteiger partial charge in [-0.15, -0.1) is 0 Å². The standard InChI is InChI=1S/C10H13NO3/c1-7-4-5-11(8(12)6-7)10(2,3)9(13)14/h4-6H,1-3H3,(H,13,14). The summed E-state index contributed by atoms with van der Waals surface area (Å²) in [6.45, 7) is 4.78. The highest BCUT2D eigenvalue weighted by molar-refractivity contribution is 5.75. The van der Waals surface area contributed by atoms with Crippen molar-refractivity contribution in [1.82, 2.24) is 4.57 Å². The number of aryl methyl sites for hydroxylation is 1. The van der Waals surface area contributed by atoms with Gasteiger partial charge in [-0.2, -0.15) is 0 Å². The summed E-state index contributed by atoms with van der Waals surface area (Å²) in [4.78, 5) is 22.4. The van der Waals surface area contributed by atoms with Gasteiger partial charge in [0.15, 0.2) is 0 Å². The van der Waals surface area contributed by atoms with Gasteiger partial charge in [-0.05, 0) is 32.4 Å². The van der Waals surface area contributed by atoms with E-state index < -0.39 is 11.5 Å². The number of nitrogens with zero attached hydrogens (tertiary/aromatic N) is 1. The first-order valence-electron chi connectivity index (χ1n) is 4.29. The topological polar surface area (TPSA) is 59.3 Å². The molecule has 0 bridgehead atoms. The maximum Gasteiger partial charge on any atom is 0.329 e. The van der Waals surface area contributed by atoms with Crippen molar-refractivity contribution in [1.29, 1.82) is 0 Å². The van der Waals surface area contributed by atoms with E-state index in [0.717, 1.165) is 5.56 Å². The Bertz CT molecular complexity index is 418. The molecule has 0 saturated carbocycles. The molecule has 0 saturated heterocycles. The van der Waals surface area contributed by atoms with E-state index in [4.69, 9.17) is 5.11 Å². The number of pyridine rings is 1. The molecule has 1 rings (SSSR count). The zero-order valence-corrected chi connectivity index (χ0v) is 8.44. The lowest BCUT2D eigenvalue weighted by Crippen LogP contribution is -2.42. The maximum atomic E-state index is 11.5. The number of carboxylic acids is 1. The van der Waals surface area contributed by atoms with Crippen LogP contribution in [0, 0.1) is 6.92 Å². The highest BCUT2D eigenvalue weighted by atomic mass is 16.4. The molecule has 0 aliphatic heterocycles. The number of aromatic nitrogens is 1. The smallest absolute Gasteiger partial charge is 0.329 e. The third kappa shape index (κ3) is 1.69. The van der Waals surface area contributed by atoms with E-state index in [0.29, 0.717) is 0 Å². The van der Waals surface area contributed by atoms with Gasteiger partial charge in [0.05, 0.1) is 0 Å². The summed E-state index contributed by atoms with van der Waals surface area (Å²) >= 11 is 0. The van der Waals surface area contributed by atoms with Crippen LogP contribution >= 0.6 is 0 Å². The van der Waals surface area contributed by atoms with Crippen LogP contribution in [-0.2, 0) is 10.3 Å². The molecule has 76 valence electrons. The molecule has 0 aromatic carbocycles. The fraction of sp³-hybridized carbons (Fsp3) is 0.400. The molecule has 0 unspecified atom stereocenters. The monoisotopic (exact) mass is 195 g/mol. The molecule has 14 heavy (non-hydrogen) atoms. The van der Waals surface area contributed by atoms with Crippen molar-refractivity contribution in [3.8, 4) is 0 Å². The fourth-order valence-electron chi connectivity index (χ4n) is 1.14. The molecule has 4 nitrogen and oxygen atoms in total. The van der Waals surface area contributed by atoms with Gasteiger partial charge in [-0.25, -0.2) is 4.79 Å². The maximum absolute atomic E-state index is 11.5. The molecule has 0 atom stereocenters. The molecule has 0 fully saturated rings. The van der Waals surface area contributed by atoms with Gasteiger partial charge in [0.2, 0.25) is 0 Å². The molecule has 0 radical (unpaired) electrons. The van der Waals surface area contributed by atoms with Gasteiger partial charge in [-0.1, -0.05) is 0 Å². The van der Waals surface area contributed by atoms with Crippen molar-refractivity contribution in [2.45, 2.75) is 26.3 Å². The SMILES string of the molecule is Cc1ccn(C(C)(C)C(=O)O)c(=O)c1. The number of rotatable bonds is 2. The van der Waals surface area contributed by atoms with Crippen molar-refractivity contribution >= 4 is 5.97 Å². The van der Waals surface area contributed by atoms with Crippen molar-refractivity contribution in [2.24, 2.45) is 0 Å². The van der Waals surface area contributed by atoms with Gasteiger partial charge in [0.1, 0.15) is 5.54 Å². The third-order valence-corrected chi connectivity index (χ3v) is 2.20. The minimum atomic E-state index is -1.20. The Hall–Kier alpha value is -1.58. The molecule has 0 spiro atoms. The molecule has 4 heteroatoms. The molecule has 1 aromatic heterocycles. The summed E-state index contributed by atoms with van der Waals surface area (Å²) in [6, 6.07) is 3.14. The number of carboxylic acid groups (broad SMARTS) is 1. The quantitative estimate of drug-likeness (QED) is 0.765. The minimum Gasteiger partial charge on any atom is -0.480 e. The lowest BCUT2D eigenvalue weighted by Gasteiger charge is -2.22. The Morgan fingerprint density at radius 3 is 2.50 bits per heavy atom. The highest BCUT2D eigenvalue weighted by Crippen LogP contribution is 2.12. The van der Waals surface area contributed by atoms with Crippen LogP contribution in [0.4, 0.5) is 0 Å². The van der Waals surface area contributed by atoms with Crippen LogP contribution < -0.4 is 5.56 Å². The van der Waals surface area contributed by atoms with Crippen LogP contribution in [0.5, 0.6) is 0 Å². The molecule has 0 amide bonds. The van der Waals surface area contributed by atoms with Crippen molar-refractivity contribution in [3.63, 3.8) is 0 Å². The summed E-state index contributed by atoms with van der Waals surface area (Å²) in [7, 11) is 0. The summed E-state index contributed by atoms with van der Waals surface area (Å²) in [6.07, 6.45) is 1.51. The first-order chi connectivity index (χ1) is 6.35. The van der Waals surface area contributed by atoms with E-state index in [1.54, 1.807) is 13.0 Å². The lowest BCUT2D eigenvalue weighted by atomic mass is 10.1. The number of hydrogen-bond acceptors (Lipinski definition) is 2. The predicted molar refractivity (Wildman–Crippen MR) is 52.4 cm³/mol. The molecule has 1 heterocycles. The zero-order chi connectivity index (χ0) is 10.9. The molecule has 1 aromatic rings. The minimum absolute atomic E-state index is 0.294. The van der Waals surface area contributed by atoms with E-state index in [2.05, 4.69) is 0 Å². The highest BCUT2D eigenvalue weighted by Gasteiger charge is 2.29. The average molecular weight is 195 g/mol. The Morgan fingerprint density at radius 2 is 2.07 bits per heavy atom. The molecule has 1 N–H and O–H groups in total. The lowest BCUT2D eigenvalue weighted by molar-refractivity contribution is -0.145. The van der Waals surface area contributed by atoms with Gasteiger partial charge < -0.3 is 5.11 Å². The van der Waals surface area contributed by atoms with Crippen LogP contribution in [-0.4, -0.2) is 15.6 Å². The van der Waals surface area contributed by atoms with E-state index in [1.807, 2.05) is 0 Å². The van der Waals surface area contributed by atoms with Gasteiger partial charge in [0.25, 0.3) is 5.56 Å². The largest absolute Gasteiger partial charge is 0.480 e. The second-order valence-electron chi connectivity index (χ2n) is 3.78. The Morgan fingerprint density at radius 1 is 1.50 bits per heavy atom. The Labute approximate surface area is 81.8 Å². The zero-order valence-electron chi connectivity index (χ0n) is 8.44. The van der Waals surface area contributed by atoms with E-state index >= 15 is 0 Å². The first-order valence-corrected chi connectivity index (χ1v) is 4.29. The van der Waals surface area contributed by atoms with Crippen LogP contribution in [0.1, 0.15) is 19.4 Å². The number of aliphatic carboxylic acids is 1.